The van der Waals surface area contributed by atoms with E-state index in [-0.39, 0.29) is 5.75 Å². The first-order valence-electron chi connectivity index (χ1n) is 5.97. The lowest BCUT2D eigenvalue weighted by Crippen LogP contribution is -1.92. The number of hydrogen-bond donors (Lipinski definition) is 1. The summed E-state index contributed by atoms with van der Waals surface area (Å²) in [6.07, 6.45) is 1.84. The van der Waals surface area contributed by atoms with Gasteiger partial charge in [-0.25, -0.2) is 4.98 Å². The van der Waals surface area contributed by atoms with E-state index in [0.717, 1.165) is 26.4 Å². The summed E-state index contributed by atoms with van der Waals surface area (Å²) in [6, 6.07) is 11.2. The quantitative estimate of drug-likeness (QED) is 0.785. The monoisotopic (exact) mass is 271 g/mol. The first kappa shape index (κ1) is 12.0. The summed E-state index contributed by atoms with van der Waals surface area (Å²) in [7, 11) is 0. The molecular formula is C15H13NO2S. The molecule has 0 fully saturated rings. The average molecular weight is 271 g/mol. The molecule has 3 aromatic rings. The molecule has 19 heavy (non-hydrogen) atoms. The molecule has 0 radical (unpaired) electrons. The Labute approximate surface area is 115 Å². The SMILES string of the molecule is Cc1ncc(COc2ccc3ccc(O)cc3c2)s1. The van der Waals surface area contributed by atoms with E-state index in [1.165, 1.54) is 0 Å². The molecule has 0 aliphatic heterocycles. The molecule has 0 aliphatic carbocycles. The molecule has 3 rings (SSSR count). The minimum absolute atomic E-state index is 0.266. The molecule has 96 valence electrons. The molecule has 0 saturated heterocycles. The summed E-state index contributed by atoms with van der Waals surface area (Å²) in [6.45, 7) is 2.50. The molecule has 2 aromatic carbocycles. The van der Waals surface area contributed by atoms with Crippen molar-refractivity contribution in [2.24, 2.45) is 0 Å². The van der Waals surface area contributed by atoms with E-state index in [9.17, 15) is 5.11 Å². The van der Waals surface area contributed by atoms with E-state index in [0.29, 0.717) is 6.61 Å². The zero-order valence-electron chi connectivity index (χ0n) is 10.5. The molecular weight excluding hydrogens is 258 g/mol. The number of thiazole rings is 1. The normalized spacial score (nSPS) is 10.8. The van der Waals surface area contributed by atoms with E-state index in [2.05, 4.69) is 4.98 Å². The van der Waals surface area contributed by atoms with Gasteiger partial charge in [0.25, 0.3) is 0 Å². The lowest BCUT2D eigenvalue weighted by atomic mass is 10.1. The summed E-state index contributed by atoms with van der Waals surface area (Å²) in [5.74, 6) is 1.06. The molecule has 0 atom stereocenters. The fraction of sp³-hybridized carbons (Fsp3) is 0.133. The highest BCUT2D eigenvalue weighted by molar-refractivity contribution is 7.11. The minimum Gasteiger partial charge on any atom is -0.508 e. The van der Waals surface area contributed by atoms with Crippen LogP contribution in [0.1, 0.15) is 9.88 Å². The van der Waals surface area contributed by atoms with Gasteiger partial charge in [0.05, 0.1) is 9.88 Å². The number of benzene rings is 2. The number of phenols is 1. The molecule has 0 saturated carbocycles. The van der Waals surface area contributed by atoms with Crippen LogP contribution in [0.5, 0.6) is 11.5 Å². The molecule has 1 N–H and O–H groups in total. The maximum absolute atomic E-state index is 9.48. The highest BCUT2D eigenvalue weighted by Gasteiger charge is 2.02. The second-order valence-electron chi connectivity index (χ2n) is 4.33. The van der Waals surface area contributed by atoms with E-state index in [4.69, 9.17) is 4.74 Å². The highest BCUT2D eigenvalue weighted by Crippen LogP contribution is 2.25. The van der Waals surface area contributed by atoms with Gasteiger partial charge in [-0.1, -0.05) is 12.1 Å². The van der Waals surface area contributed by atoms with Gasteiger partial charge in [0, 0.05) is 6.20 Å². The Bertz CT molecular complexity index is 721. The highest BCUT2D eigenvalue weighted by atomic mass is 32.1. The Morgan fingerprint density at radius 1 is 1.16 bits per heavy atom. The van der Waals surface area contributed by atoms with Crippen molar-refractivity contribution in [1.29, 1.82) is 0 Å². The molecule has 0 spiro atoms. The number of aromatic nitrogens is 1. The third-order valence-electron chi connectivity index (χ3n) is 2.85. The maximum Gasteiger partial charge on any atom is 0.124 e. The van der Waals surface area contributed by atoms with Crippen molar-refractivity contribution < 1.29 is 9.84 Å². The fourth-order valence-electron chi connectivity index (χ4n) is 1.93. The molecule has 3 nitrogen and oxygen atoms in total. The molecule has 1 heterocycles. The van der Waals surface area contributed by atoms with Gasteiger partial charge in [0.2, 0.25) is 0 Å². The Morgan fingerprint density at radius 3 is 2.79 bits per heavy atom. The number of phenolic OH excluding ortho intramolecular Hbond substituents is 1. The number of hydrogen-bond acceptors (Lipinski definition) is 4. The number of nitrogens with zero attached hydrogens (tertiary/aromatic N) is 1. The number of ether oxygens (including phenoxy) is 1. The number of aryl methyl sites for hydroxylation is 1. The van der Waals surface area contributed by atoms with Crippen LogP contribution in [0.3, 0.4) is 0 Å². The van der Waals surface area contributed by atoms with Crippen molar-refractivity contribution in [1.82, 2.24) is 4.98 Å². The van der Waals surface area contributed by atoms with Crippen LogP contribution in [0.4, 0.5) is 0 Å². The van der Waals surface area contributed by atoms with Crippen LogP contribution in [0.15, 0.2) is 42.6 Å². The predicted molar refractivity (Wildman–Crippen MR) is 76.8 cm³/mol. The van der Waals surface area contributed by atoms with Crippen molar-refractivity contribution in [3.8, 4) is 11.5 Å². The van der Waals surface area contributed by atoms with Gasteiger partial charge in [-0.15, -0.1) is 11.3 Å². The summed E-state index contributed by atoms with van der Waals surface area (Å²) >= 11 is 1.64. The van der Waals surface area contributed by atoms with E-state index < -0.39 is 0 Å². The Hall–Kier alpha value is -2.07. The van der Waals surface area contributed by atoms with Crippen molar-refractivity contribution in [2.75, 3.05) is 0 Å². The van der Waals surface area contributed by atoms with Crippen LogP contribution in [0, 0.1) is 6.92 Å². The average Bonchev–Trinajstić information content (AvgIpc) is 2.81. The molecule has 0 unspecified atom stereocenters. The predicted octanol–water partition coefficient (Wildman–Crippen LogP) is 3.89. The standard InChI is InChI=1S/C15H13NO2S/c1-10-16-8-15(19-10)9-18-14-5-3-11-2-4-13(17)6-12(11)7-14/h2-8,17H,9H2,1H3. The van der Waals surface area contributed by atoms with Crippen LogP contribution in [0.25, 0.3) is 10.8 Å². The minimum atomic E-state index is 0.266. The second-order valence-corrected chi connectivity index (χ2v) is 5.65. The second kappa shape index (κ2) is 4.90. The van der Waals surface area contributed by atoms with Crippen LogP contribution in [-0.4, -0.2) is 10.1 Å². The summed E-state index contributed by atoms with van der Waals surface area (Å²) < 4.78 is 5.74. The molecule has 0 amide bonds. The van der Waals surface area contributed by atoms with Gasteiger partial charge in [0.15, 0.2) is 0 Å². The first-order chi connectivity index (χ1) is 9.20. The van der Waals surface area contributed by atoms with Crippen LogP contribution >= 0.6 is 11.3 Å². The third kappa shape index (κ3) is 2.69. The topological polar surface area (TPSA) is 42.4 Å². The van der Waals surface area contributed by atoms with Crippen molar-refractivity contribution in [3.05, 3.63) is 52.5 Å². The lowest BCUT2D eigenvalue weighted by Gasteiger charge is -2.06. The van der Waals surface area contributed by atoms with Crippen LogP contribution in [-0.2, 0) is 6.61 Å². The molecule has 4 heteroatoms. The molecule has 1 aromatic heterocycles. The molecule has 0 bridgehead atoms. The Balaban J connectivity index is 1.81. The fourth-order valence-corrected chi connectivity index (χ4v) is 2.64. The third-order valence-corrected chi connectivity index (χ3v) is 3.73. The van der Waals surface area contributed by atoms with Gasteiger partial charge in [-0.05, 0) is 42.0 Å². The van der Waals surface area contributed by atoms with Gasteiger partial charge < -0.3 is 9.84 Å². The lowest BCUT2D eigenvalue weighted by molar-refractivity contribution is 0.310. The van der Waals surface area contributed by atoms with Crippen LogP contribution < -0.4 is 4.74 Å². The van der Waals surface area contributed by atoms with Gasteiger partial charge in [-0.3, -0.25) is 0 Å². The van der Waals surface area contributed by atoms with E-state index in [1.807, 2.05) is 37.4 Å². The zero-order chi connectivity index (χ0) is 13.2. The van der Waals surface area contributed by atoms with Crippen molar-refractivity contribution >= 4 is 22.1 Å². The zero-order valence-corrected chi connectivity index (χ0v) is 11.3. The van der Waals surface area contributed by atoms with Gasteiger partial charge in [-0.2, -0.15) is 0 Å². The number of aromatic hydroxyl groups is 1. The Kier molecular flexibility index (Phi) is 3.09. The van der Waals surface area contributed by atoms with Crippen LogP contribution in [0.2, 0.25) is 0 Å². The molecule has 0 aliphatic rings. The van der Waals surface area contributed by atoms with Gasteiger partial charge in [0.1, 0.15) is 18.1 Å². The van der Waals surface area contributed by atoms with Crippen molar-refractivity contribution in [3.63, 3.8) is 0 Å². The largest absolute Gasteiger partial charge is 0.508 e. The summed E-state index contributed by atoms with van der Waals surface area (Å²) in [5, 5.41) is 12.6. The van der Waals surface area contributed by atoms with E-state index in [1.54, 1.807) is 23.5 Å². The van der Waals surface area contributed by atoms with Crippen molar-refractivity contribution in [2.45, 2.75) is 13.5 Å². The summed E-state index contributed by atoms with van der Waals surface area (Å²) in [5.41, 5.74) is 0. The Morgan fingerprint density at radius 2 is 2.00 bits per heavy atom. The van der Waals surface area contributed by atoms with E-state index >= 15 is 0 Å². The summed E-state index contributed by atoms with van der Waals surface area (Å²) in [4.78, 5) is 5.30. The first-order valence-corrected chi connectivity index (χ1v) is 6.79. The maximum atomic E-state index is 9.48. The number of rotatable bonds is 3. The van der Waals surface area contributed by atoms with Gasteiger partial charge >= 0.3 is 0 Å². The number of fused-ring (bicyclic) bond motifs is 1. The smallest absolute Gasteiger partial charge is 0.124 e.